The Labute approximate surface area is 274 Å². The fourth-order valence-electron chi connectivity index (χ4n) is 5.27. The number of carbonyl (C=O) groups is 1. The molecule has 0 fully saturated rings. The molecule has 0 aliphatic carbocycles. The van der Waals surface area contributed by atoms with Crippen LogP contribution in [0.1, 0.15) is 29.7 Å². The van der Waals surface area contributed by atoms with Crippen molar-refractivity contribution in [3.8, 4) is 17.2 Å². The van der Waals surface area contributed by atoms with Gasteiger partial charge in [-0.15, -0.1) is 0 Å². The minimum atomic E-state index is -0.729. The molecule has 0 radical (unpaired) electrons. The van der Waals surface area contributed by atoms with Gasteiger partial charge in [-0.25, -0.2) is 4.99 Å². The van der Waals surface area contributed by atoms with Gasteiger partial charge in [-0.1, -0.05) is 77.5 Å². The molecule has 1 N–H and O–H groups in total. The van der Waals surface area contributed by atoms with E-state index in [-0.39, 0.29) is 18.1 Å². The maximum Gasteiger partial charge on any atom is 0.271 e. The smallest absolute Gasteiger partial charge is 0.271 e. The summed E-state index contributed by atoms with van der Waals surface area (Å²) >= 11 is 7.55. The second kappa shape index (κ2) is 13.5. The van der Waals surface area contributed by atoms with E-state index in [2.05, 4.69) is 5.32 Å². The monoisotopic (exact) mass is 651 g/mol. The van der Waals surface area contributed by atoms with Crippen molar-refractivity contribution in [3.63, 3.8) is 0 Å². The van der Waals surface area contributed by atoms with Gasteiger partial charge in [-0.2, -0.15) is 0 Å². The summed E-state index contributed by atoms with van der Waals surface area (Å²) in [6, 6.07) is 28.8. The second-order valence-electron chi connectivity index (χ2n) is 10.5. The van der Waals surface area contributed by atoms with E-state index in [1.165, 1.54) is 11.3 Å². The second-order valence-corrected chi connectivity index (χ2v) is 11.9. The van der Waals surface area contributed by atoms with Gasteiger partial charge in [0.25, 0.3) is 11.5 Å². The molecule has 4 aromatic carbocycles. The number of hydrogen-bond acceptors (Lipinski definition) is 7. The Morgan fingerprint density at radius 2 is 1.74 bits per heavy atom. The van der Waals surface area contributed by atoms with Crippen LogP contribution in [0.5, 0.6) is 17.2 Å². The van der Waals surface area contributed by atoms with E-state index in [1.54, 1.807) is 37.9 Å². The molecular weight excluding hydrogens is 622 g/mol. The summed E-state index contributed by atoms with van der Waals surface area (Å²) < 4.78 is 19.1. The molecule has 1 amide bonds. The van der Waals surface area contributed by atoms with Crippen LogP contribution < -0.4 is 34.4 Å². The molecule has 1 aliphatic heterocycles. The van der Waals surface area contributed by atoms with Gasteiger partial charge in [0.2, 0.25) is 0 Å². The molecule has 6 rings (SSSR count). The summed E-state index contributed by atoms with van der Waals surface area (Å²) in [4.78, 5) is 33.1. The van der Waals surface area contributed by atoms with Crippen molar-refractivity contribution in [2.24, 2.45) is 4.99 Å². The van der Waals surface area contributed by atoms with Gasteiger partial charge in [0.05, 0.1) is 36.1 Å². The number of halogens is 1. The highest BCUT2D eigenvalue weighted by atomic mass is 35.5. The maximum absolute atomic E-state index is 14.1. The zero-order chi connectivity index (χ0) is 32.2. The number of ether oxygens (including phenoxy) is 3. The van der Waals surface area contributed by atoms with Gasteiger partial charge in [0, 0.05) is 16.3 Å². The highest BCUT2D eigenvalue weighted by Gasteiger charge is 2.32. The van der Waals surface area contributed by atoms with Crippen LogP contribution in [0, 0.1) is 0 Å². The lowest BCUT2D eigenvalue weighted by molar-refractivity contribution is -0.113. The molecule has 0 bridgehead atoms. The van der Waals surface area contributed by atoms with Gasteiger partial charge in [0.1, 0.15) is 12.4 Å². The lowest BCUT2D eigenvalue weighted by Gasteiger charge is -2.25. The lowest BCUT2D eigenvalue weighted by atomic mass is 9.95. The molecule has 232 valence electrons. The van der Waals surface area contributed by atoms with E-state index >= 15 is 0 Å². The van der Waals surface area contributed by atoms with Crippen LogP contribution in [-0.4, -0.2) is 24.7 Å². The fraction of sp³-hybridized carbons (Fsp3) is 0.139. The average Bonchev–Trinajstić information content (AvgIpc) is 3.37. The number of allylic oxidation sites excluding steroid dienone is 1. The van der Waals surface area contributed by atoms with E-state index in [1.807, 2.05) is 91.0 Å². The molecule has 8 nitrogen and oxygen atoms in total. The zero-order valence-electron chi connectivity index (χ0n) is 25.3. The third-order valence-corrected chi connectivity index (χ3v) is 8.89. The van der Waals surface area contributed by atoms with Gasteiger partial charge < -0.3 is 19.5 Å². The topological polar surface area (TPSA) is 91.2 Å². The van der Waals surface area contributed by atoms with Crippen LogP contribution in [-0.2, 0) is 11.4 Å². The molecule has 10 heteroatoms. The third-order valence-electron chi connectivity index (χ3n) is 7.53. The number of anilines is 1. The SMILES string of the molecule is COc1cccc([C@@H]2C(C(=O)Nc3ccccc3)=C(C)N=c3s/c(=C\c4ccc(OCc5ccccc5Cl)c(OC)c4)c(=O)n32)c1. The first kappa shape index (κ1) is 30.9. The van der Waals surface area contributed by atoms with E-state index < -0.39 is 6.04 Å². The van der Waals surface area contributed by atoms with E-state index in [9.17, 15) is 9.59 Å². The highest BCUT2D eigenvalue weighted by molar-refractivity contribution is 7.07. The molecule has 5 aromatic rings. The molecule has 0 spiro atoms. The van der Waals surface area contributed by atoms with Crippen molar-refractivity contribution in [2.45, 2.75) is 19.6 Å². The minimum Gasteiger partial charge on any atom is -0.497 e. The largest absolute Gasteiger partial charge is 0.497 e. The van der Waals surface area contributed by atoms with Gasteiger partial charge in [-0.05, 0) is 66.6 Å². The summed E-state index contributed by atoms with van der Waals surface area (Å²) in [5, 5.41) is 3.59. The predicted molar refractivity (Wildman–Crippen MR) is 181 cm³/mol. The number of nitrogens with zero attached hydrogens (tertiary/aromatic N) is 2. The first-order valence-corrected chi connectivity index (χ1v) is 15.6. The van der Waals surface area contributed by atoms with E-state index in [0.29, 0.717) is 48.6 Å². The third kappa shape index (κ3) is 6.33. The standard InChI is InChI=1S/C36H30ClN3O5S/c1-22-32(34(41)39-26-12-5-4-6-13-26)33(24-11-9-14-27(20-24)43-2)40-35(42)31(46-36(40)38-22)19-23-16-17-29(30(18-23)44-3)45-21-25-10-7-8-15-28(25)37/h4-20,33H,21H2,1-3H3,(H,39,41)/b31-19-/t33-/m1/s1. The average molecular weight is 652 g/mol. The molecule has 1 aromatic heterocycles. The van der Waals surface area contributed by atoms with Crippen LogP contribution in [0.25, 0.3) is 6.08 Å². The van der Waals surface area contributed by atoms with Gasteiger partial charge in [-0.3, -0.25) is 14.2 Å². The number of methoxy groups -OCH3 is 2. The number of rotatable bonds is 9. The number of aromatic nitrogens is 1. The van der Waals surface area contributed by atoms with Gasteiger partial charge in [0.15, 0.2) is 16.3 Å². The van der Waals surface area contributed by atoms with Crippen LogP contribution in [0.4, 0.5) is 5.69 Å². The maximum atomic E-state index is 14.1. The number of para-hydroxylation sites is 1. The molecular formula is C36H30ClN3O5S. The van der Waals surface area contributed by atoms with Crippen molar-refractivity contribution in [2.75, 3.05) is 19.5 Å². The van der Waals surface area contributed by atoms with Crippen LogP contribution in [0.15, 0.2) is 118 Å². The Balaban J connectivity index is 1.39. The molecule has 1 atom stereocenters. The number of hydrogen-bond donors (Lipinski definition) is 1. The predicted octanol–water partition coefficient (Wildman–Crippen LogP) is 6.12. The summed E-state index contributed by atoms with van der Waals surface area (Å²) in [7, 11) is 3.14. The Bertz CT molecular complexity index is 2140. The summed E-state index contributed by atoms with van der Waals surface area (Å²) in [6.45, 7) is 2.06. The summed E-state index contributed by atoms with van der Waals surface area (Å²) in [5.74, 6) is 1.33. The first-order valence-electron chi connectivity index (χ1n) is 14.4. The molecule has 2 heterocycles. The molecule has 1 aliphatic rings. The van der Waals surface area contributed by atoms with Crippen molar-refractivity contribution in [3.05, 3.63) is 150 Å². The number of benzene rings is 4. The quantitative estimate of drug-likeness (QED) is 0.207. The number of fused-ring (bicyclic) bond motifs is 1. The minimum absolute atomic E-state index is 0.271. The number of thiazole rings is 1. The van der Waals surface area contributed by atoms with E-state index in [0.717, 1.165) is 16.7 Å². The number of nitrogens with one attached hydrogen (secondary N) is 1. The summed E-state index contributed by atoms with van der Waals surface area (Å²) in [6.07, 6.45) is 1.79. The fourth-order valence-corrected chi connectivity index (χ4v) is 6.51. The Hall–Kier alpha value is -5.12. The molecule has 0 saturated carbocycles. The Morgan fingerprint density at radius 1 is 0.957 bits per heavy atom. The van der Waals surface area contributed by atoms with Crippen LogP contribution in [0.3, 0.4) is 0 Å². The molecule has 46 heavy (non-hydrogen) atoms. The first-order chi connectivity index (χ1) is 22.4. The van der Waals surface area contributed by atoms with Crippen molar-refractivity contribution in [1.29, 1.82) is 0 Å². The van der Waals surface area contributed by atoms with Crippen LogP contribution in [0.2, 0.25) is 5.02 Å². The molecule has 0 unspecified atom stereocenters. The normalized spacial score (nSPS) is 14.3. The Morgan fingerprint density at radius 3 is 2.50 bits per heavy atom. The number of carbonyl (C=O) groups excluding carboxylic acids is 1. The van der Waals surface area contributed by atoms with Gasteiger partial charge >= 0.3 is 0 Å². The number of amides is 1. The van der Waals surface area contributed by atoms with E-state index in [4.69, 9.17) is 30.8 Å². The van der Waals surface area contributed by atoms with Crippen LogP contribution >= 0.6 is 22.9 Å². The zero-order valence-corrected chi connectivity index (χ0v) is 26.9. The van der Waals surface area contributed by atoms with Crippen molar-refractivity contribution >= 4 is 40.6 Å². The highest BCUT2D eigenvalue weighted by Crippen LogP contribution is 2.33. The summed E-state index contributed by atoms with van der Waals surface area (Å²) in [5.41, 5.74) is 3.58. The lowest BCUT2D eigenvalue weighted by Crippen LogP contribution is -2.40. The Kier molecular flexibility index (Phi) is 9.05. The van der Waals surface area contributed by atoms with Crippen molar-refractivity contribution < 1.29 is 19.0 Å². The molecule has 0 saturated heterocycles. The van der Waals surface area contributed by atoms with Crippen molar-refractivity contribution in [1.82, 2.24) is 4.57 Å².